The summed E-state index contributed by atoms with van der Waals surface area (Å²) in [6, 6.07) is 6.06. The Morgan fingerprint density at radius 1 is 1.39 bits per heavy atom. The van der Waals surface area contributed by atoms with Gasteiger partial charge in [0.25, 0.3) is 0 Å². The Hall–Kier alpha value is -1.40. The lowest BCUT2D eigenvalue weighted by Gasteiger charge is -2.35. The summed E-state index contributed by atoms with van der Waals surface area (Å²) in [6.07, 6.45) is 1.24. The molecule has 0 bridgehead atoms. The highest BCUT2D eigenvalue weighted by molar-refractivity contribution is 7.88. The fraction of sp³-hybridized carbons (Fsp3) is 0.417. The molecule has 0 saturated carbocycles. The number of nitrogens with zero attached hydrogens (tertiary/aromatic N) is 2. The van der Waals surface area contributed by atoms with Crippen LogP contribution in [0.2, 0.25) is 0 Å². The van der Waals surface area contributed by atoms with Gasteiger partial charge in [-0.1, -0.05) is 6.07 Å². The second-order valence-corrected chi connectivity index (χ2v) is 6.90. The van der Waals surface area contributed by atoms with Crippen LogP contribution in [0, 0.1) is 6.92 Å². The number of imidazole rings is 1. The maximum absolute atomic E-state index is 11.3. The number of H-pyrrole nitrogens is 1. The first-order chi connectivity index (χ1) is 8.43. The van der Waals surface area contributed by atoms with E-state index in [9.17, 15) is 8.42 Å². The molecule has 1 N–H and O–H groups in total. The van der Waals surface area contributed by atoms with Crippen molar-refractivity contribution in [2.75, 3.05) is 19.3 Å². The quantitative estimate of drug-likeness (QED) is 0.888. The fourth-order valence-corrected chi connectivity index (χ4v) is 3.12. The minimum absolute atomic E-state index is 0.187. The molecular weight excluding hydrogens is 250 g/mol. The Labute approximate surface area is 106 Å². The smallest absolute Gasteiger partial charge is 0.211 e. The Morgan fingerprint density at radius 3 is 2.78 bits per heavy atom. The number of nitrogens with one attached hydrogen (secondary N) is 1. The number of fused-ring (bicyclic) bond motifs is 1. The lowest BCUT2D eigenvalue weighted by Crippen LogP contribution is -2.48. The molecule has 1 fully saturated rings. The molecule has 3 rings (SSSR count). The molecule has 0 aliphatic carbocycles. The monoisotopic (exact) mass is 265 g/mol. The number of sulfonamides is 1. The molecule has 1 aliphatic heterocycles. The van der Waals surface area contributed by atoms with Crippen LogP contribution in [0.5, 0.6) is 0 Å². The van der Waals surface area contributed by atoms with Crippen molar-refractivity contribution in [1.29, 1.82) is 0 Å². The Kier molecular flexibility index (Phi) is 2.46. The SMILES string of the molecule is Cc1ccc2nc(C3CN(S(C)(=O)=O)C3)[nH]c2c1. The average Bonchev–Trinajstić information content (AvgIpc) is 2.55. The van der Waals surface area contributed by atoms with E-state index in [0.29, 0.717) is 13.1 Å². The van der Waals surface area contributed by atoms with Gasteiger partial charge in [0.15, 0.2) is 0 Å². The summed E-state index contributed by atoms with van der Waals surface area (Å²) in [7, 11) is -3.05. The molecule has 5 nitrogen and oxygen atoms in total. The molecule has 0 spiro atoms. The van der Waals surface area contributed by atoms with E-state index in [0.717, 1.165) is 16.9 Å². The first-order valence-corrected chi connectivity index (χ1v) is 7.70. The third-order valence-corrected chi connectivity index (χ3v) is 4.60. The molecule has 1 saturated heterocycles. The number of aromatic nitrogens is 2. The van der Waals surface area contributed by atoms with Crippen LogP contribution in [0.25, 0.3) is 11.0 Å². The fourth-order valence-electron chi connectivity index (χ4n) is 2.22. The molecular formula is C12H15N3O2S. The van der Waals surface area contributed by atoms with Gasteiger partial charge in [0, 0.05) is 19.0 Å². The van der Waals surface area contributed by atoms with Gasteiger partial charge >= 0.3 is 0 Å². The second kappa shape index (κ2) is 3.80. The van der Waals surface area contributed by atoms with E-state index >= 15 is 0 Å². The van der Waals surface area contributed by atoms with Crippen molar-refractivity contribution in [2.24, 2.45) is 0 Å². The highest BCUT2D eigenvalue weighted by Gasteiger charge is 2.35. The first kappa shape index (κ1) is 11.7. The van der Waals surface area contributed by atoms with Crippen molar-refractivity contribution in [2.45, 2.75) is 12.8 Å². The van der Waals surface area contributed by atoms with Crippen LogP contribution in [-0.2, 0) is 10.0 Å². The summed E-state index contributed by atoms with van der Waals surface area (Å²) in [5.41, 5.74) is 3.14. The molecule has 18 heavy (non-hydrogen) atoms. The average molecular weight is 265 g/mol. The lowest BCUT2D eigenvalue weighted by atomic mass is 10.0. The number of aromatic amines is 1. The summed E-state index contributed by atoms with van der Waals surface area (Å²) in [5, 5.41) is 0. The minimum atomic E-state index is -3.05. The molecule has 2 aromatic rings. The predicted octanol–water partition coefficient (Wildman–Crippen LogP) is 1.23. The number of hydrogen-bond donors (Lipinski definition) is 1. The van der Waals surface area contributed by atoms with Crippen molar-refractivity contribution in [3.05, 3.63) is 29.6 Å². The van der Waals surface area contributed by atoms with Crippen LogP contribution in [0.1, 0.15) is 17.3 Å². The molecule has 2 heterocycles. The van der Waals surface area contributed by atoms with Crippen LogP contribution in [0.4, 0.5) is 0 Å². The van der Waals surface area contributed by atoms with Gasteiger partial charge in [0.1, 0.15) is 5.82 Å². The zero-order valence-corrected chi connectivity index (χ0v) is 11.2. The van der Waals surface area contributed by atoms with Crippen LogP contribution >= 0.6 is 0 Å². The molecule has 1 aliphatic rings. The van der Waals surface area contributed by atoms with E-state index < -0.39 is 10.0 Å². The van der Waals surface area contributed by atoms with Crippen LogP contribution in [0.3, 0.4) is 0 Å². The molecule has 0 amide bonds. The summed E-state index contributed by atoms with van der Waals surface area (Å²) in [6.45, 7) is 3.09. The van der Waals surface area contributed by atoms with Gasteiger partial charge < -0.3 is 4.98 Å². The highest BCUT2D eigenvalue weighted by Crippen LogP contribution is 2.28. The van der Waals surface area contributed by atoms with E-state index in [1.54, 1.807) is 0 Å². The van der Waals surface area contributed by atoms with Crippen molar-refractivity contribution < 1.29 is 8.42 Å². The van der Waals surface area contributed by atoms with Gasteiger partial charge in [-0.05, 0) is 24.6 Å². The molecule has 0 atom stereocenters. The van der Waals surface area contributed by atoms with Gasteiger partial charge in [-0.2, -0.15) is 0 Å². The normalized spacial score (nSPS) is 18.1. The molecule has 0 unspecified atom stereocenters. The second-order valence-electron chi connectivity index (χ2n) is 4.92. The third-order valence-electron chi connectivity index (χ3n) is 3.36. The summed E-state index contributed by atoms with van der Waals surface area (Å²) >= 11 is 0. The molecule has 96 valence electrons. The van der Waals surface area contributed by atoms with Crippen molar-refractivity contribution >= 4 is 21.1 Å². The van der Waals surface area contributed by atoms with Crippen LogP contribution in [0.15, 0.2) is 18.2 Å². The Morgan fingerprint density at radius 2 is 2.11 bits per heavy atom. The van der Waals surface area contributed by atoms with E-state index in [4.69, 9.17) is 0 Å². The van der Waals surface area contributed by atoms with Gasteiger partial charge in [0.05, 0.1) is 17.3 Å². The first-order valence-electron chi connectivity index (χ1n) is 5.85. The number of benzene rings is 1. The number of aryl methyl sites for hydroxylation is 1. The highest BCUT2D eigenvalue weighted by atomic mass is 32.2. The molecule has 1 aromatic carbocycles. The standard InChI is InChI=1S/C12H15N3O2S/c1-8-3-4-10-11(5-8)14-12(13-10)9-6-15(7-9)18(2,16)17/h3-5,9H,6-7H2,1-2H3,(H,13,14). The number of rotatable bonds is 2. The van der Waals surface area contributed by atoms with Crippen molar-refractivity contribution in [3.8, 4) is 0 Å². The van der Waals surface area contributed by atoms with Crippen LogP contribution < -0.4 is 0 Å². The number of hydrogen-bond acceptors (Lipinski definition) is 3. The topological polar surface area (TPSA) is 66.1 Å². The molecule has 0 radical (unpaired) electrons. The summed E-state index contributed by atoms with van der Waals surface area (Å²) in [4.78, 5) is 7.79. The van der Waals surface area contributed by atoms with Gasteiger partial charge in [-0.3, -0.25) is 0 Å². The summed E-state index contributed by atoms with van der Waals surface area (Å²) in [5.74, 6) is 1.07. The largest absolute Gasteiger partial charge is 0.342 e. The lowest BCUT2D eigenvalue weighted by molar-refractivity contribution is 0.259. The third kappa shape index (κ3) is 1.91. The van der Waals surface area contributed by atoms with E-state index in [1.807, 2.05) is 19.1 Å². The van der Waals surface area contributed by atoms with Gasteiger partial charge in [0.2, 0.25) is 10.0 Å². The van der Waals surface area contributed by atoms with E-state index in [1.165, 1.54) is 16.1 Å². The predicted molar refractivity (Wildman–Crippen MR) is 70.0 cm³/mol. The van der Waals surface area contributed by atoms with Crippen molar-refractivity contribution in [3.63, 3.8) is 0 Å². The van der Waals surface area contributed by atoms with Gasteiger partial charge in [-0.25, -0.2) is 17.7 Å². The molecule has 1 aromatic heterocycles. The maximum atomic E-state index is 11.3. The summed E-state index contributed by atoms with van der Waals surface area (Å²) < 4.78 is 24.1. The van der Waals surface area contributed by atoms with E-state index in [-0.39, 0.29) is 5.92 Å². The van der Waals surface area contributed by atoms with E-state index in [2.05, 4.69) is 16.0 Å². The maximum Gasteiger partial charge on any atom is 0.211 e. The Balaban J connectivity index is 1.85. The Bertz CT molecular complexity index is 699. The van der Waals surface area contributed by atoms with Crippen molar-refractivity contribution in [1.82, 2.24) is 14.3 Å². The van der Waals surface area contributed by atoms with Gasteiger partial charge in [-0.15, -0.1) is 0 Å². The van der Waals surface area contributed by atoms with Crippen LogP contribution in [-0.4, -0.2) is 42.0 Å². The zero-order valence-electron chi connectivity index (χ0n) is 10.3. The zero-order chi connectivity index (χ0) is 12.9. The molecule has 6 heteroatoms. The minimum Gasteiger partial charge on any atom is -0.342 e.